The number of nitrogens with two attached hydrogens (primary N) is 1. The van der Waals surface area contributed by atoms with Gasteiger partial charge in [0.2, 0.25) is 0 Å². The van der Waals surface area contributed by atoms with Gasteiger partial charge in [0.1, 0.15) is 5.75 Å². The molecule has 0 spiro atoms. The fraction of sp³-hybridized carbons (Fsp3) is 0.316. The molecule has 0 fully saturated rings. The Morgan fingerprint density at radius 2 is 2.00 bits per heavy atom. The molecule has 4 heteroatoms. The van der Waals surface area contributed by atoms with E-state index in [-0.39, 0.29) is 12.5 Å². The number of hydrogen-bond acceptors (Lipinski definition) is 3. The van der Waals surface area contributed by atoms with Gasteiger partial charge in [0, 0.05) is 11.4 Å². The largest absolute Gasteiger partial charge is 0.483 e. The van der Waals surface area contributed by atoms with Gasteiger partial charge in [0.05, 0.1) is 0 Å². The van der Waals surface area contributed by atoms with Crippen molar-refractivity contribution < 1.29 is 9.53 Å². The Balaban J connectivity index is 2.01. The van der Waals surface area contributed by atoms with Crippen molar-refractivity contribution in [1.29, 1.82) is 0 Å². The number of aryl methyl sites for hydroxylation is 1. The molecule has 0 unspecified atom stereocenters. The first-order chi connectivity index (χ1) is 11.0. The standard InChI is InChI=1S/C19H24N2O2/c1-4-13(2)16-7-5-6-8-18(16)23-12-19(22)21-17-11-15(20)10-9-14(17)3/h5-11,13H,4,12,20H2,1-3H3,(H,21,22)/t13-/m0/s1. The lowest BCUT2D eigenvalue weighted by molar-refractivity contribution is -0.118. The van der Waals surface area contributed by atoms with E-state index >= 15 is 0 Å². The number of ether oxygens (including phenoxy) is 1. The highest BCUT2D eigenvalue weighted by atomic mass is 16.5. The Kier molecular flexibility index (Phi) is 5.63. The van der Waals surface area contributed by atoms with Gasteiger partial charge in [-0.2, -0.15) is 0 Å². The van der Waals surface area contributed by atoms with E-state index in [0.717, 1.165) is 23.3 Å². The molecule has 0 bridgehead atoms. The Hall–Kier alpha value is -2.49. The van der Waals surface area contributed by atoms with Gasteiger partial charge in [-0.15, -0.1) is 0 Å². The van der Waals surface area contributed by atoms with Crippen molar-refractivity contribution in [1.82, 2.24) is 0 Å². The van der Waals surface area contributed by atoms with Crippen LogP contribution in [-0.4, -0.2) is 12.5 Å². The van der Waals surface area contributed by atoms with E-state index in [0.29, 0.717) is 17.3 Å². The summed E-state index contributed by atoms with van der Waals surface area (Å²) in [4.78, 5) is 12.1. The van der Waals surface area contributed by atoms with Gasteiger partial charge < -0.3 is 15.8 Å². The molecular formula is C19H24N2O2. The summed E-state index contributed by atoms with van der Waals surface area (Å²) in [6, 6.07) is 13.3. The minimum absolute atomic E-state index is 0.0261. The monoisotopic (exact) mass is 312 g/mol. The van der Waals surface area contributed by atoms with Crippen molar-refractivity contribution in [3.05, 3.63) is 53.6 Å². The predicted octanol–water partition coefficient (Wildman–Crippen LogP) is 4.11. The third kappa shape index (κ3) is 4.49. The van der Waals surface area contributed by atoms with Crippen LogP contribution in [0.15, 0.2) is 42.5 Å². The Bertz CT molecular complexity index is 683. The van der Waals surface area contributed by atoms with Crippen molar-refractivity contribution in [2.24, 2.45) is 0 Å². The number of carbonyl (C=O) groups excluding carboxylic acids is 1. The summed E-state index contributed by atoms with van der Waals surface area (Å²) in [5, 5.41) is 2.84. The summed E-state index contributed by atoms with van der Waals surface area (Å²) in [6.07, 6.45) is 1.02. The van der Waals surface area contributed by atoms with Crippen LogP contribution in [0.1, 0.15) is 37.3 Å². The molecule has 2 aromatic carbocycles. The molecule has 2 aromatic rings. The van der Waals surface area contributed by atoms with Gasteiger partial charge >= 0.3 is 0 Å². The zero-order valence-electron chi connectivity index (χ0n) is 13.9. The van der Waals surface area contributed by atoms with E-state index in [4.69, 9.17) is 10.5 Å². The molecule has 2 rings (SSSR count). The highest BCUT2D eigenvalue weighted by Crippen LogP contribution is 2.28. The zero-order chi connectivity index (χ0) is 16.8. The SMILES string of the molecule is CC[C@H](C)c1ccccc1OCC(=O)Nc1cc(N)ccc1C. The molecule has 23 heavy (non-hydrogen) atoms. The maximum atomic E-state index is 12.1. The third-order valence-corrected chi connectivity index (χ3v) is 3.96. The third-order valence-electron chi connectivity index (χ3n) is 3.96. The van der Waals surface area contributed by atoms with Gasteiger partial charge in [-0.3, -0.25) is 4.79 Å². The fourth-order valence-corrected chi connectivity index (χ4v) is 2.34. The van der Waals surface area contributed by atoms with Crippen molar-refractivity contribution in [3.63, 3.8) is 0 Å². The first kappa shape index (κ1) is 16.9. The average molecular weight is 312 g/mol. The summed E-state index contributed by atoms with van der Waals surface area (Å²) in [5.41, 5.74) is 9.18. The summed E-state index contributed by atoms with van der Waals surface area (Å²) in [6.45, 7) is 6.19. The molecular weight excluding hydrogens is 288 g/mol. The minimum Gasteiger partial charge on any atom is -0.483 e. The van der Waals surface area contributed by atoms with Gasteiger partial charge in [-0.05, 0) is 48.6 Å². The van der Waals surface area contributed by atoms with Crippen LogP contribution in [0.3, 0.4) is 0 Å². The van der Waals surface area contributed by atoms with Crippen molar-refractivity contribution in [2.75, 3.05) is 17.7 Å². The Morgan fingerprint density at radius 1 is 1.26 bits per heavy atom. The van der Waals surface area contributed by atoms with Crippen molar-refractivity contribution in [3.8, 4) is 5.75 Å². The highest BCUT2D eigenvalue weighted by Gasteiger charge is 2.11. The molecule has 1 atom stereocenters. The maximum Gasteiger partial charge on any atom is 0.262 e. The van der Waals surface area contributed by atoms with Crippen LogP contribution in [0.2, 0.25) is 0 Å². The van der Waals surface area contributed by atoms with Gasteiger partial charge in [0.15, 0.2) is 6.61 Å². The molecule has 3 N–H and O–H groups in total. The van der Waals surface area contributed by atoms with Crippen LogP contribution in [0.4, 0.5) is 11.4 Å². The molecule has 0 saturated heterocycles. The number of nitrogen functional groups attached to an aromatic ring is 1. The van der Waals surface area contributed by atoms with E-state index < -0.39 is 0 Å². The highest BCUT2D eigenvalue weighted by molar-refractivity contribution is 5.93. The second-order valence-corrected chi connectivity index (χ2v) is 5.76. The lowest BCUT2D eigenvalue weighted by atomic mass is 9.98. The van der Waals surface area contributed by atoms with Crippen LogP contribution in [0.5, 0.6) is 5.75 Å². The van der Waals surface area contributed by atoms with Crippen LogP contribution in [0.25, 0.3) is 0 Å². The van der Waals surface area contributed by atoms with E-state index in [9.17, 15) is 4.79 Å². The molecule has 0 saturated carbocycles. The lowest BCUT2D eigenvalue weighted by Gasteiger charge is -2.16. The summed E-state index contributed by atoms with van der Waals surface area (Å²) >= 11 is 0. The number of carbonyl (C=O) groups is 1. The van der Waals surface area contributed by atoms with Crippen molar-refractivity contribution >= 4 is 17.3 Å². The molecule has 0 aliphatic heterocycles. The molecule has 0 heterocycles. The maximum absolute atomic E-state index is 12.1. The zero-order valence-corrected chi connectivity index (χ0v) is 13.9. The van der Waals surface area contributed by atoms with Gasteiger partial charge in [0.25, 0.3) is 5.91 Å². The summed E-state index contributed by atoms with van der Waals surface area (Å²) in [7, 11) is 0. The molecule has 0 aliphatic rings. The molecule has 1 amide bonds. The van der Waals surface area contributed by atoms with E-state index in [2.05, 4.69) is 19.2 Å². The van der Waals surface area contributed by atoms with E-state index in [1.807, 2.05) is 43.3 Å². The van der Waals surface area contributed by atoms with Crippen LogP contribution >= 0.6 is 0 Å². The average Bonchev–Trinajstić information content (AvgIpc) is 2.56. The number of para-hydroxylation sites is 1. The number of anilines is 2. The summed E-state index contributed by atoms with van der Waals surface area (Å²) < 4.78 is 5.72. The van der Waals surface area contributed by atoms with Gasteiger partial charge in [-0.25, -0.2) is 0 Å². The fourth-order valence-electron chi connectivity index (χ4n) is 2.34. The first-order valence-electron chi connectivity index (χ1n) is 7.89. The second kappa shape index (κ2) is 7.68. The minimum atomic E-state index is -0.197. The lowest BCUT2D eigenvalue weighted by Crippen LogP contribution is -2.21. The summed E-state index contributed by atoms with van der Waals surface area (Å²) in [5.74, 6) is 0.962. The molecule has 122 valence electrons. The number of rotatable bonds is 6. The van der Waals surface area contributed by atoms with Crippen molar-refractivity contribution in [2.45, 2.75) is 33.1 Å². The number of amides is 1. The second-order valence-electron chi connectivity index (χ2n) is 5.76. The quantitative estimate of drug-likeness (QED) is 0.789. The topological polar surface area (TPSA) is 64.3 Å². The normalized spacial score (nSPS) is 11.8. The molecule has 0 aromatic heterocycles. The van der Waals surface area contributed by atoms with Crippen LogP contribution < -0.4 is 15.8 Å². The van der Waals surface area contributed by atoms with Crippen LogP contribution in [0, 0.1) is 6.92 Å². The van der Waals surface area contributed by atoms with Crippen LogP contribution in [-0.2, 0) is 4.79 Å². The first-order valence-corrected chi connectivity index (χ1v) is 7.89. The smallest absolute Gasteiger partial charge is 0.262 e. The Labute approximate surface area is 137 Å². The molecule has 0 aliphatic carbocycles. The molecule has 4 nitrogen and oxygen atoms in total. The number of hydrogen-bond donors (Lipinski definition) is 2. The molecule has 0 radical (unpaired) electrons. The van der Waals surface area contributed by atoms with Gasteiger partial charge in [-0.1, -0.05) is 38.1 Å². The van der Waals surface area contributed by atoms with E-state index in [1.54, 1.807) is 6.07 Å². The van der Waals surface area contributed by atoms with E-state index in [1.165, 1.54) is 0 Å². The number of nitrogens with one attached hydrogen (secondary N) is 1. The predicted molar refractivity (Wildman–Crippen MR) is 94.9 cm³/mol. The number of benzene rings is 2. The Morgan fingerprint density at radius 3 is 2.74 bits per heavy atom.